The van der Waals surface area contributed by atoms with Crippen molar-refractivity contribution in [3.63, 3.8) is 0 Å². The summed E-state index contributed by atoms with van der Waals surface area (Å²) in [6.45, 7) is 13.3. The number of hydrogen-bond donors (Lipinski definition) is 0. The lowest BCUT2D eigenvalue weighted by Crippen LogP contribution is -2.29. The summed E-state index contributed by atoms with van der Waals surface area (Å²) in [7, 11) is 0. The third-order valence-electron chi connectivity index (χ3n) is 11.4. The van der Waals surface area contributed by atoms with Crippen molar-refractivity contribution < 1.29 is 8.83 Å². The smallest absolute Gasteiger partial charge is 0.249 e. The van der Waals surface area contributed by atoms with Gasteiger partial charge in [0.2, 0.25) is 23.6 Å². The van der Waals surface area contributed by atoms with E-state index in [1.807, 2.05) is 0 Å². The Labute approximate surface area is 314 Å². The van der Waals surface area contributed by atoms with Crippen LogP contribution in [0.15, 0.2) is 130 Å². The first-order chi connectivity index (χ1) is 26.1. The molecular formula is C48H40N4O2. The predicted octanol–water partition coefficient (Wildman–Crippen LogP) is 11.9. The summed E-state index contributed by atoms with van der Waals surface area (Å²) < 4.78 is 13.4. The summed E-state index contributed by atoms with van der Waals surface area (Å²) >= 11 is 0. The maximum absolute atomic E-state index is 6.71. The van der Waals surface area contributed by atoms with Crippen LogP contribution in [0, 0.1) is 0 Å². The highest BCUT2D eigenvalue weighted by Gasteiger charge is 2.46. The zero-order valence-corrected chi connectivity index (χ0v) is 31.3. The normalized spacial score (nSPS) is 16.0. The minimum atomic E-state index is -0.0653. The number of aromatic nitrogens is 4. The van der Waals surface area contributed by atoms with Gasteiger partial charge in [0.1, 0.15) is 0 Å². The van der Waals surface area contributed by atoms with Crippen molar-refractivity contribution in [2.75, 3.05) is 0 Å². The third kappa shape index (κ3) is 4.93. The van der Waals surface area contributed by atoms with Crippen molar-refractivity contribution in [2.24, 2.45) is 0 Å². The second-order valence-corrected chi connectivity index (χ2v) is 16.7. The van der Waals surface area contributed by atoms with Gasteiger partial charge >= 0.3 is 0 Å². The molecule has 6 heteroatoms. The summed E-state index contributed by atoms with van der Waals surface area (Å²) in [6, 6.07) is 43.0. The van der Waals surface area contributed by atoms with Crippen LogP contribution in [0.25, 0.3) is 56.6 Å². The Balaban J connectivity index is 1.22. The Kier molecular flexibility index (Phi) is 7.03. The highest BCUT2D eigenvalue weighted by molar-refractivity contribution is 6.08. The maximum atomic E-state index is 6.71. The van der Waals surface area contributed by atoms with Crippen LogP contribution < -0.4 is 0 Å². The molecule has 3 aliphatic rings. The zero-order chi connectivity index (χ0) is 36.9. The van der Waals surface area contributed by atoms with Gasteiger partial charge in [0.25, 0.3) is 0 Å². The molecule has 0 aliphatic heterocycles. The van der Waals surface area contributed by atoms with E-state index in [4.69, 9.17) is 19.0 Å². The molecular weight excluding hydrogens is 665 g/mol. The van der Waals surface area contributed by atoms with Crippen molar-refractivity contribution >= 4 is 10.8 Å². The van der Waals surface area contributed by atoms with E-state index < -0.39 is 0 Å². The van der Waals surface area contributed by atoms with Gasteiger partial charge in [0.05, 0.1) is 11.1 Å². The standard InChI is InChI=1S/C48H40N4O2/c1-47(2,3)29-23-19-27(20-24-29)43-49-51-45(53-43)39-35-17-11-12-18-36(35)40(46-52-50-44(54-46)28-21-25-30(26-22-28)48(4,5)6)42-38-33-15-9-7-13-31(33)37(41(39)42)32-14-8-10-16-34(32)38/h7-26,37-38H,1-6H3. The van der Waals surface area contributed by atoms with Gasteiger partial charge in [-0.3, -0.25) is 0 Å². The SMILES string of the molecule is CC(C)(C)c1ccc(-c2nnc(-c3c4c(c(-c5nnc(-c6ccc(C(C)(C)C)cc6)o5)c5ccccc35)C3c5ccccc5C4c4ccccc43)o2)cc1. The molecule has 3 aliphatic carbocycles. The molecule has 0 saturated heterocycles. The van der Waals surface area contributed by atoms with E-state index >= 15 is 0 Å². The van der Waals surface area contributed by atoms with Crippen LogP contribution in [0.1, 0.15) is 97.9 Å². The fourth-order valence-electron chi connectivity index (χ4n) is 8.68. The van der Waals surface area contributed by atoms with Crippen LogP contribution in [-0.4, -0.2) is 20.4 Å². The van der Waals surface area contributed by atoms with Crippen LogP contribution >= 0.6 is 0 Å². The molecule has 11 rings (SSSR count). The molecule has 0 spiro atoms. The molecule has 2 aromatic heterocycles. The maximum Gasteiger partial charge on any atom is 0.249 e. The number of fused-ring (bicyclic) bond motifs is 1. The molecule has 0 N–H and O–H groups in total. The molecule has 8 aromatic rings. The van der Waals surface area contributed by atoms with Crippen LogP contribution in [0.5, 0.6) is 0 Å². The van der Waals surface area contributed by atoms with Gasteiger partial charge in [-0.05, 0) is 90.4 Å². The quantitative estimate of drug-likeness (QED) is 0.181. The van der Waals surface area contributed by atoms with Gasteiger partial charge in [0, 0.05) is 23.0 Å². The van der Waals surface area contributed by atoms with E-state index in [-0.39, 0.29) is 22.7 Å². The second kappa shape index (κ2) is 11.7. The van der Waals surface area contributed by atoms with E-state index in [9.17, 15) is 0 Å². The number of rotatable bonds is 4. The van der Waals surface area contributed by atoms with Gasteiger partial charge in [-0.2, -0.15) is 0 Å². The lowest BCUT2D eigenvalue weighted by molar-refractivity contribution is 0.578. The van der Waals surface area contributed by atoms with E-state index in [1.54, 1.807) is 0 Å². The van der Waals surface area contributed by atoms with Crippen molar-refractivity contribution in [3.8, 4) is 45.8 Å². The highest BCUT2D eigenvalue weighted by Crippen LogP contribution is 2.61. The third-order valence-corrected chi connectivity index (χ3v) is 11.4. The fraction of sp³-hybridized carbons (Fsp3) is 0.208. The Bertz CT molecular complexity index is 2510. The molecule has 2 bridgehead atoms. The minimum Gasteiger partial charge on any atom is -0.416 e. The lowest BCUT2D eigenvalue weighted by Gasteiger charge is -2.44. The molecule has 0 radical (unpaired) electrons. The molecule has 0 saturated carbocycles. The molecule has 6 aromatic carbocycles. The molecule has 264 valence electrons. The number of nitrogens with zero attached hydrogens (tertiary/aromatic N) is 4. The van der Waals surface area contributed by atoms with Crippen molar-refractivity contribution in [3.05, 3.63) is 166 Å². The van der Waals surface area contributed by atoms with Crippen LogP contribution in [0.2, 0.25) is 0 Å². The summed E-state index contributed by atoms with van der Waals surface area (Å²) in [5, 5.41) is 20.9. The van der Waals surface area contributed by atoms with Crippen LogP contribution in [-0.2, 0) is 10.8 Å². The predicted molar refractivity (Wildman–Crippen MR) is 214 cm³/mol. The van der Waals surface area contributed by atoms with Gasteiger partial charge in [-0.25, -0.2) is 0 Å². The summed E-state index contributed by atoms with van der Waals surface area (Å²) in [4.78, 5) is 0. The zero-order valence-electron chi connectivity index (χ0n) is 31.3. The number of benzene rings is 6. The largest absolute Gasteiger partial charge is 0.416 e. The summed E-state index contributed by atoms with van der Waals surface area (Å²) in [6.07, 6.45) is 0. The molecule has 0 fully saturated rings. The van der Waals surface area contributed by atoms with E-state index in [0.717, 1.165) is 44.2 Å². The molecule has 0 unspecified atom stereocenters. The van der Waals surface area contributed by atoms with E-state index in [2.05, 4.69) is 173 Å². The first kappa shape index (κ1) is 32.5. The van der Waals surface area contributed by atoms with Gasteiger partial charge in [-0.15, -0.1) is 20.4 Å². The van der Waals surface area contributed by atoms with Crippen LogP contribution in [0.4, 0.5) is 0 Å². The minimum absolute atomic E-state index is 0.0418. The molecule has 2 heterocycles. The lowest BCUT2D eigenvalue weighted by atomic mass is 9.58. The van der Waals surface area contributed by atoms with E-state index in [0.29, 0.717) is 23.6 Å². The van der Waals surface area contributed by atoms with Crippen molar-refractivity contribution in [1.29, 1.82) is 0 Å². The average Bonchev–Trinajstić information content (AvgIpc) is 3.87. The van der Waals surface area contributed by atoms with Gasteiger partial charge < -0.3 is 8.83 Å². The molecule has 6 nitrogen and oxygen atoms in total. The summed E-state index contributed by atoms with van der Waals surface area (Å²) in [5.41, 5.74) is 13.7. The van der Waals surface area contributed by atoms with Crippen LogP contribution in [0.3, 0.4) is 0 Å². The monoisotopic (exact) mass is 704 g/mol. The Morgan fingerprint density at radius 2 is 0.704 bits per heavy atom. The summed E-state index contributed by atoms with van der Waals surface area (Å²) in [5.74, 6) is 1.85. The first-order valence-corrected chi connectivity index (χ1v) is 18.7. The molecule has 0 atom stereocenters. The highest BCUT2D eigenvalue weighted by atomic mass is 16.4. The van der Waals surface area contributed by atoms with Gasteiger partial charge in [0.15, 0.2) is 0 Å². The second-order valence-electron chi connectivity index (χ2n) is 16.7. The first-order valence-electron chi connectivity index (χ1n) is 18.7. The van der Waals surface area contributed by atoms with Gasteiger partial charge in [-0.1, -0.05) is 139 Å². The topological polar surface area (TPSA) is 77.8 Å². The molecule has 54 heavy (non-hydrogen) atoms. The van der Waals surface area contributed by atoms with Crippen molar-refractivity contribution in [1.82, 2.24) is 20.4 Å². The Morgan fingerprint density at radius 3 is 1.04 bits per heavy atom. The van der Waals surface area contributed by atoms with E-state index in [1.165, 1.54) is 33.4 Å². The Hall–Kier alpha value is -6.14. The van der Waals surface area contributed by atoms with Crippen molar-refractivity contribution in [2.45, 2.75) is 64.2 Å². The average molecular weight is 705 g/mol. The fourth-order valence-corrected chi connectivity index (χ4v) is 8.68. The molecule has 0 amide bonds. The number of hydrogen-bond acceptors (Lipinski definition) is 6. The Morgan fingerprint density at radius 1 is 0.389 bits per heavy atom.